The van der Waals surface area contributed by atoms with Crippen molar-refractivity contribution in [2.75, 3.05) is 0 Å². The van der Waals surface area contributed by atoms with Gasteiger partial charge in [0.05, 0.1) is 0 Å². The average molecular weight is 205 g/mol. The SMILES string of the molecule is O=C(Oc1ccc(F)cc1)c1ccc[nH]1. The van der Waals surface area contributed by atoms with Crippen LogP contribution in [0.4, 0.5) is 4.39 Å². The molecule has 0 unspecified atom stereocenters. The highest BCUT2D eigenvalue weighted by molar-refractivity contribution is 5.89. The Morgan fingerprint density at radius 2 is 1.93 bits per heavy atom. The van der Waals surface area contributed by atoms with Crippen LogP contribution in [0.2, 0.25) is 0 Å². The summed E-state index contributed by atoms with van der Waals surface area (Å²) in [5.74, 6) is -0.544. The van der Waals surface area contributed by atoms with E-state index in [1.807, 2.05) is 0 Å². The fourth-order valence-electron chi connectivity index (χ4n) is 1.12. The normalized spacial score (nSPS) is 9.93. The first-order chi connectivity index (χ1) is 7.25. The van der Waals surface area contributed by atoms with Crippen molar-refractivity contribution >= 4 is 5.97 Å². The second kappa shape index (κ2) is 3.96. The summed E-state index contributed by atoms with van der Waals surface area (Å²) in [5, 5.41) is 0. The predicted octanol–water partition coefficient (Wildman–Crippen LogP) is 2.37. The molecular weight excluding hydrogens is 197 g/mol. The lowest BCUT2D eigenvalue weighted by Gasteiger charge is -2.01. The molecule has 3 nitrogen and oxygen atoms in total. The summed E-state index contributed by atoms with van der Waals surface area (Å²) in [5.41, 5.74) is 0.360. The van der Waals surface area contributed by atoms with Crippen LogP contribution in [0.15, 0.2) is 42.6 Å². The van der Waals surface area contributed by atoms with Crippen LogP contribution in [0.3, 0.4) is 0 Å². The number of benzene rings is 1. The van der Waals surface area contributed by atoms with Crippen LogP contribution in [0.25, 0.3) is 0 Å². The number of aromatic amines is 1. The third kappa shape index (κ3) is 2.22. The quantitative estimate of drug-likeness (QED) is 0.604. The third-order valence-corrected chi connectivity index (χ3v) is 1.84. The lowest BCUT2D eigenvalue weighted by molar-refractivity contribution is 0.0729. The lowest BCUT2D eigenvalue weighted by atomic mass is 10.3. The molecule has 1 heterocycles. The molecule has 2 rings (SSSR count). The Balaban J connectivity index is 2.09. The summed E-state index contributed by atoms with van der Waals surface area (Å²) in [7, 11) is 0. The van der Waals surface area contributed by atoms with Gasteiger partial charge < -0.3 is 9.72 Å². The van der Waals surface area contributed by atoms with E-state index in [2.05, 4.69) is 4.98 Å². The molecule has 4 heteroatoms. The Morgan fingerprint density at radius 3 is 2.53 bits per heavy atom. The van der Waals surface area contributed by atoms with E-state index in [-0.39, 0.29) is 5.82 Å². The number of hydrogen-bond donors (Lipinski definition) is 1. The maximum atomic E-state index is 12.6. The summed E-state index contributed by atoms with van der Waals surface area (Å²) in [6, 6.07) is 8.56. The molecule has 0 aliphatic rings. The first-order valence-electron chi connectivity index (χ1n) is 4.37. The Hall–Kier alpha value is -2.10. The van der Waals surface area contributed by atoms with E-state index in [0.29, 0.717) is 11.4 Å². The summed E-state index contributed by atoms with van der Waals surface area (Å²) in [6.45, 7) is 0. The minimum atomic E-state index is -0.494. The zero-order valence-corrected chi connectivity index (χ0v) is 7.74. The van der Waals surface area contributed by atoms with Crippen LogP contribution in [0.1, 0.15) is 10.5 Å². The van der Waals surface area contributed by atoms with E-state index in [1.54, 1.807) is 18.3 Å². The maximum Gasteiger partial charge on any atom is 0.360 e. The standard InChI is InChI=1S/C11H8FNO2/c12-8-3-5-9(6-4-8)15-11(14)10-2-1-7-13-10/h1-7,13H. The Kier molecular flexibility index (Phi) is 2.49. The zero-order chi connectivity index (χ0) is 10.7. The molecule has 2 aromatic rings. The van der Waals surface area contributed by atoms with Crippen molar-refractivity contribution in [3.8, 4) is 5.75 Å². The molecule has 1 aromatic carbocycles. The molecule has 0 amide bonds. The van der Waals surface area contributed by atoms with Crippen molar-refractivity contribution in [1.82, 2.24) is 4.98 Å². The summed E-state index contributed by atoms with van der Waals surface area (Å²) in [4.78, 5) is 14.1. The molecule has 0 fully saturated rings. The highest BCUT2D eigenvalue weighted by Crippen LogP contribution is 2.12. The predicted molar refractivity (Wildman–Crippen MR) is 52.2 cm³/mol. The summed E-state index contributed by atoms with van der Waals surface area (Å²) in [6.07, 6.45) is 1.63. The molecule has 0 aliphatic heterocycles. The topological polar surface area (TPSA) is 42.1 Å². The smallest absolute Gasteiger partial charge is 0.360 e. The van der Waals surface area contributed by atoms with Crippen LogP contribution in [0.5, 0.6) is 5.75 Å². The Labute approximate surface area is 85.5 Å². The van der Waals surface area contributed by atoms with E-state index >= 15 is 0 Å². The lowest BCUT2D eigenvalue weighted by Crippen LogP contribution is -2.08. The van der Waals surface area contributed by atoms with Gasteiger partial charge in [-0.3, -0.25) is 0 Å². The second-order valence-corrected chi connectivity index (χ2v) is 2.93. The highest BCUT2D eigenvalue weighted by atomic mass is 19.1. The number of esters is 1. The van der Waals surface area contributed by atoms with Crippen molar-refractivity contribution < 1.29 is 13.9 Å². The molecule has 0 spiro atoms. The van der Waals surface area contributed by atoms with E-state index in [1.165, 1.54) is 24.3 Å². The van der Waals surface area contributed by atoms with Gasteiger partial charge in [0.15, 0.2) is 0 Å². The molecule has 76 valence electrons. The van der Waals surface area contributed by atoms with Crippen LogP contribution in [0, 0.1) is 5.82 Å². The van der Waals surface area contributed by atoms with Crippen LogP contribution in [-0.2, 0) is 0 Å². The van der Waals surface area contributed by atoms with Crippen LogP contribution >= 0.6 is 0 Å². The molecule has 1 aromatic heterocycles. The van der Waals surface area contributed by atoms with E-state index < -0.39 is 5.97 Å². The monoisotopic (exact) mass is 205 g/mol. The maximum absolute atomic E-state index is 12.6. The van der Waals surface area contributed by atoms with Gasteiger partial charge in [0, 0.05) is 6.20 Å². The van der Waals surface area contributed by atoms with Gasteiger partial charge in [0.25, 0.3) is 0 Å². The van der Waals surface area contributed by atoms with Crippen molar-refractivity contribution in [3.05, 3.63) is 54.1 Å². The van der Waals surface area contributed by atoms with Gasteiger partial charge in [-0.05, 0) is 36.4 Å². The number of rotatable bonds is 2. The Bertz CT molecular complexity index is 448. The number of ether oxygens (including phenoxy) is 1. The van der Waals surface area contributed by atoms with E-state index in [4.69, 9.17) is 4.74 Å². The van der Waals surface area contributed by atoms with E-state index in [9.17, 15) is 9.18 Å². The fourth-order valence-corrected chi connectivity index (χ4v) is 1.12. The van der Waals surface area contributed by atoms with Gasteiger partial charge in [-0.1, -0.05) is 0 Å². The number of nitrogens with one attached hydrogen (secondary N) is 1. The van der Waals surface area contributed by atoms with Crippen molar-refractivity contribution in [2.24, 2.45) is 0 Å². The van der Waals surface area contributed by atoms with Gasteiger partial charge in [-0.15, -0.1) is 0 Å². The van der Waals surface area contributed by atoms with E-state index in [0.717, 1.165) is 0 Å². The van der Waals surface area contributed by atoms with Gasteiger partial charge in [0.1, 0.15) is 17.3 Å². The molecule has 0 atom stereocenters. The van der Waals surface area contributed by atoms with Gasteiger partial charge in [0.2, 0.25) is 0 Å². The van der Waals surface area contributed by atoms with Gasteiger partial charge in [-0.25, -0.2) is 9.18 Å². The number of aromatic nitrogens is 1. The van der Waals surface area contributed by atoms with Gasteiger partial charge >= 0.3 is 5.97 Å². The summed E-state index contributed by atoms with van der Waals surface area (Å²) < 4.78 is 17.5. The van der Waals surface area contributed by atoms with Crippen molar-refractivity contribution in [1.29, 1.82) is 0 Å². The summed E-state index contributed by atoms with van der Waals surface area (Å²) >= 11 is 0. The zero-order valence-electron chi connectivity index (χ0n) is 7.74. The molecule has 0 radical (unpaired) electrons. The highest BCUT2D eigenvalue weighted by Gasteiger charge is 2.08. The average Bonchev–Trinajstić information content (AvgIpc) is 2.74. The van der Waals surface area contributed by atoms with Gasteiger partial charge in [-0.2, -0.15) is 0 Å². The van der Waals surface area contributed by atoms with Crippen LogP contribution in [-0.4, -0.2) is 11.0 Å². The molecule has 0 saturated heterocycles. The number of carbonyl (C=O) groups excluding carboxylic acids is 1. The number of hydrogen-bond acceptors (Lipinski definition) is 2. The molecular formula is C11H8FNO2. The Morgan fingerprint density at radius 1 is 1.20 bits per heavy atom. The van der Waals surface area contributed by atoms with Crippen LogP contribution < -0.4 is 4.74 Å². The molecule has 0 bridgehead atoms. The number of H-pyrrole nitrogens is 1. The first-order valence-corrected chi connectivity index (χ1v) is 4.37. The largest absolute Gasteiger partial charge is 0.422 e. The fraction of sp³-hybridized carbons (Fsp3) is 0. The molecule has 0 aliphatic carbocycles. The minimum absolute atomic E-state index is 0.316. The number of halogens is 1. The molecule has 15 heavy (non-hydrogen) atoms. The minimum Gasteiger partial charge on any atom is -0.422 e. The molecule has 1 N–H and O–H groups in total. The van der Waals surface area contributed by atoms with Crippen molar-refractivity contribution in [3.63, 3.8) is 0 Å². The number of carbonyl (C=O) groups is 1. The van der Waals surface area contributed by atoms with Crippen molar-refractivity contribution in [2.45, 2.75) is 0 Å². The second-order valence-electron chi connectivity index (χ2n) is 2.93. The molecule has 0 saturated carbocycles. The third-order valence-electron chi connectivity index (χ3n) is 1.84. The first kappa shape index (κ1) is 9.45.